The van der Waals surface area contributed by atoms with Crippen LogP contribution in [0.3, 0.4) is 0 Å². The minimum absolute atomic E-state index is 0.0143. The Balaban J connectivity index is 2.32. The lowest BCUT2D eigenvalue weighted by Gasteiger charge is -1.99. The maximum Gasteiger partial charge on any atom is 0.222 e. The molecule has 0 saturated carbocycles. The zero-order valence-electron chi connectivity index (χ0n) is 4.39. The van der Waals surface area contributed by atoms with Gasteiger partial charge in [0.25, 0.3) is 0 Å². The molecule has 0 aliphatic carbocycles. The van der Waals surface area contributed by atoms with Gasteiger partial charge in [-0.25, -0.2) is 5.90 Å². The van der Waals surface area contributed by atoms with Gasteiger partial charge in [0.2, 0.25) is 5.91 Å². The molecule has 1 aliphatic heterocycles. The number of carbonyl (C=O) groups excluding carboxylic acids is 1. The van der Waals surface area contributed by atoms with Gasteiger partial charge in [-0.1, -0.05) is 0 Å². The van der Waals surface area contributed by atoms with Crippen LogP contribution in [0.25, 0.3) is 0 Å². The van der Waals surface area contributed by atoms with Crippen LogP contribution in [-0.4, -0.2) is 18.6 Å². The van der Waals surface area contributed by atoms with Gasteiger partial charge in [-0.3, -0.25) is 9.63 Å². The first-order chi connectivity index (χ1) is 3.83. The zero-order valence-corrected chi connectivity index (χ0v) is 4.39. The molecule has 1 rings (SSSR count). The van der Waals surface area contributed by atoms with Gasteiger partial charge in [-0.15, -0.1) is 0 Å². The highest BCUT2D eigenvalue weighted by Gasteiger charge is 2.20. The third-order valence-corrected chi connectivity index (χ3v) is 1.13. The van der Waals surface area contributed by atoms with Crippen LogP contribution in [0, 0.1) is 0 Å². The lowest BCUT2D eigenvalue weighted by Crippen LogP contribution is -2.20. The zero-order chi connectivity index (χ0) is 5.98. The lowest BCUT2D eigenvalue weighted by molar-refractivity contribution is -0.119. The Bertz CT molecular complexity index is 104. The highest BCUT2D eigenvalue weighted by Crippen LogP contribution is 1.99. The van der Waals surface area contributed by atoms with E-state index in [1.807, 2.05) is 0 Å². The quantitative estimate of drug-likeness (QED) is 0.421. The molecule has 0 aromatic heterocycles. The van der Waals surface area contributed by atoms with Crippen molar-refractivity contribution in [2.75, 3.05) is 6.54 Å². The van der Waals surface area contributed by atoms with Crippen molar-refractivity contribution in [3.05, 3.63) is 0 Å². The van der Waals surface area contributed by atoms with Crippen LogP contribution in [0.4, 0.5) is 0 Å². The van der Waals surface area contributed by atoms with Crippen molar-refractivity contribution >= 4 is 5.91 Å². The second-order valence-electron chi connectivity index (χ2n) is 1.77. The van der Waals surface area contributed by atoms with E-state index in [1.54, 1.807) is 0 Å². The fourth-order valence-electron chi connectivity index (χ4n) is 0.675. The van der Waals surface area contributed by atoms with Crippen LogP contribution in [0.15, 0.2) is 0 Å². The topological polar surface area (TPSA) is 64.3 Å². The molecule has 1 amide bonds. The Hall–Kier alpha value is -0.610. The van der Waals surface area contributed by atoms with Crippen molar-refractivity contribution < 1.29 is 9.63 Å². The Kier molecular flexibility index (Phi) is 1.45. The van der Waals surface area contributed by atoms with Crippen LogP contribution in [0.2, 0.25) is 0 Å². The van der Waals surface area contributed by atoms with Crippen molar-refractivity contribution in [3.8, 4) is 0 Å². The SMILES string of the molecule is NO[C@H]1CNC(=O)C1. The smallest absolute Gasteiger partial charge is 0.222 e. The number of rotatable bonds is 1. The van der Waals surface area contributed by atoms with E-state index in [4.69, 9.17) is 5.90 Å². The maximum absolute atomic E-state index is 10.4. The minimum Gasteiger partial charge on any atom is -0.353 e. The van der Waals surface area contributed by atoms with Gasteiger partial charge in [0.1, 0.15) is 6.10 Å². The molecule has 4 heteroatoms. The van der Waals surface area contributed by atoms with Crippen molar-refractivity contribution in [2.24, 2.45) is 5.90 Å². The molecule has 3 N–H and O–H groups in total. The van der Waals surface area contributed by atoms with E-state index in [1.165, 1.54) is 0 Å². The number of hydrogen-bond acceptors (Lipinski definition) is 3. The molecule has 1 heterocycles. The third-order valence-electron chi connectivity index (χ3n) is 1.13. The number of nitrogens with two attached hydrogens (primary N) is 1. The van der Waals surface area contributed by atoms with E-state index in [0.29, 0.717) is 13.0 Å². The number of carbonyl (C=O) groups is 1. The van der Waals surface area contributed by atoms with Gasteiger partial charge in [-0.2, -0.15) is 0 Å². The maximum atomic E-state index is 10.4. The number of amides is 1. The van der Waals surface area contributed by atoms with Gasteiger partial charge < -0.3 is 5.32 Å². The first-order valence-electron chi connectivity index (χ1n) is 2.45. The average molecular weight is 116 g/mol. The van der Waals surface area contributed by atoms with Crippen LogP contribution in [0.5, 0.6) is 0 Å². The number of hydrogen-bond donors (Lipinski definition) is 2. The molecule has 0 aromatic rings. The van der Waals surface area contributed by atoms with E-state index in [9.17, 15) is 4.79 Å². The Morgan fingerprint density at radius 2 is 2.62 bits per heavy atom. The van der Waals surface area contributed by atoms with E-state index >= 15 is 0 Å². The molecule has 46 valence electrons. The molecule has 0 aromatic carbocycles. The van der Waals surface area contributed by atoms with Crippen molar-refractivity contribution in [3.63, 3.8) is 0 Å². The fourth-order valence-corrected chi connectivity index (χ4v) is 0.675. The predicted octanol–water partition coefficient (Wildman–Crippen LogP) is -1.23. The molecular formula is C4H8N2O2. The summed E-state index contributed by atoms with van der Waals surface area (Å²) in [7, 11) is 0. The second kappa shape index (κ2) is 2.11. The minimum atomic E-state index is -0.109. The Labute approximate surface area is 46.9 Å². The predicted molar refractivity (Wildman–Crippen MR) is 26.7 cm³/mol. The van der Waals surface area contributed by atoms with Crippen molar-refractivity contribution in [1.29, 1.82) is 0 Å². The van der Waals surface area contributed by atoms with Crippen molar-refractivity contribution in [1.82, 2.24) is 5.32 Å². The molecule has 1 atom stereocenters. The summed E-state index contributed by atoms with van der Waals surface area (Å²) >= 11 is 0. The molecule has 1 fully saturated rings. The average Bonchev–Trinajstić information content (AvgIpc) is 2.14. The van der Waals surface area contributed by atoms with E-state index < -0.39 is 0 Å². The summed E-state index contributed by atoms with van der Waals surface area (Å²) in [6, 6.07) is 0. The molecule has 1 saturated heterocycles. The van der Waals surface area contributed by atoms with Crippen LogP contribution >= 0.6 is 0 Å². The first-order valence-corrected chi connectivity index (χ1v) is 2.45. The van der Waals surface area contributed by atoms with Gasteiger partial charge >= 0.3 is 0 Å². The summed E-state index contributed by atoms with van der Waals surface area (Å²) in [5.41, 5.74) is 0. The molecule has 4 nitrogen and oxygen atoms in total. The summed E-state index contributed by atoms with van der Waals surface area (Å²) in [5.74, 6) is 4.82. The summed E-state index contributed by atoms with van der Waals surface area (Å²) < 4.78 is 0. The Morgan fingerprint density at radius 3 is 2.88 bits per heavy atom. The molecule has 8 heavy (non-hydrogen) atoms. The molecular weight excluding hydrogens is 108 g/mol. The van der Waals surface area contributed by atoms with Gasteiger partial charge in [0.05, 0.1) is 6.42 Å². The van der Waals surface area contributed by atoms with E-state index in [2.05, 4.69) is 10.2 Å². The normalized spacial score (nSPS) is 28.1. The highest BCUT2D eigenvalue weighted by atomic mass is 16.6. The van der Waals surface area contributed by atoms with Gasteiger partial charge in [0.15, 0.2) is 0 Å². The first kappa shape index (κ1) is 5.53. The summed E-state index contributed by atoms with van der Waals surface area (Å²) in [6.07, 6.45) is 0.291. The monoisotopic (exact) mass is 116 g/mol. The largest absolute Gasteiger partial charge is 0.353 e. The molecule has 1 aliphatic rings. The summed E-state index contributed by atoms with van der Waals surface area (Å²) in [6.45, 7) is 0.551. The molecule has 0 bridgehead atoms. The third kappa shape index (κ3) is 0.962. The Morgan fingerprint density at radius 1 is 1.88 bits per heavy atom. The molecule has 0 spiro atoms. The summed E-state index contributed by atoms with van der Waals surface area (Å²) in [4.78, 5) is 14.8. The van der Waals surface area contributed by atoms with Crippen LogP contribution < -0.4 is 11.2 Å². The highest BCUT2D eigenvalue weighted by molar-refractivity contribution is 5.78. The fraction of sp³-hybridized carbons (Fsp3) is 0.750. The van der Waals surface area contributed by atoms with Crippen molar-refractivity contribution in [2.45, 2.75) is 12.5 Å². The van der Waals surface area contributed by atoms with Gasteiger partial charge in [0, 0.05) is 6.54 Å². The van der Waals surface area contributed by atoms with E-state index in [0.717, 1.165) is 0 Å². The van der Waals surface area contributed by atoms with Crippen LogP contribution in [0.1, 0.15) is 6.42 Å². The summed E-state index contributed by atoms with van der Waals surface area (Å²) in [5, 5.41) is 2.58. The number of nitrogens with one attached hydrogen (secondary N) is 1. The lowest BCUT2D eigenvalue weighted by atomic mass is 10.3. The molecule has 0 unspecified atom stereocenters. The van der Waals surface area contributed by atoms with Crippen LogP contribution in [-0.2, 0) is 9.63 Å². The van der Waals surface area contributed by atoms with Gasteiger partial charge in [-0.05, 0) is 0 Å². The van der Waals surface area contributed by atoms with E-state index in [-0.39, 0.29) is 12.0 Å². The second-order valence-corrected chi connectivity index (χ2v) is 1.77. The molecule has 0 radical (unpaired) electrons. The standard InChI is InChI=1S/C4H8N2O2/c5-8-3-1-4(7)6-2-3/h3H,1-2,5H2,(H,6,7)/t3-/m1/s1.